The van der Waals surface area contributed by atoms with Crippen molar-refractivity contribution in [1.29, 1.82) is 0 Å². The number of nitrogens with zero attached hydrogens (tertiary/aromatic N) is 1. The van der Waals surface area contributed by atoms with E-state index in [2.05, 4.69) is 17.1 Å². The Kier molecular flexibility index (Phi) is 9.54. The lowest BCUT2D eigenvalue weighted by Gasteiger charge is -2.15. The molecule has 0 aromatic carbocycles. The fourth-order valence-electron chi connectivity index (χ4n) is 2.73. The summed E-state index contributed by atoms with van der Waals surface area (Å²) in [5, 5.41) is 3.46. The summed E-state index contributed by atoms with van der Waals surface area (Å²) in [5.41, 5.74) is 0. The van der Waals surface area contributed by atoms with Crippen molar-refractivity contribution in [3.05, 3.63) is 0 Å². The van der Waals surface area contributed by atoms with Gasteiger partial charge in [0.25, 0.3) is 0 Å². The van der Waals surface area contributed by atoms with Crippen molar-refractivity contribution in [2.75, 3.05) is 46.4 Å². The molecule has 0 amide bonds. The number of hydrogen-bond donors (Lipinski definition) is 1. The molecule has 0 saturated carbocycles. The molecule has 1 rings (SSSR count). The lowest BCUT2D eigenvalue weighted by molar-refractivity contribution is 0.153. The van der Waals surface area contributed by atoms with Gasteiger partial charge in [0.05, 0.1) is 6.61 Å². The second kappa shape index (κ2) is 10.8. The lowest BCUT2D eigenvalue weighted by atomic mass is 10.1. The van der Waals surface area contributed by atoms with Crippen LogP contribution in [0.3, 0.4) is 0 Å². The van der Waals surface area contributed by atoms with E-state index >= 15 is 0 Å². The summed E-state index contributed by atoms with van der Waals surface area (Å²) in [6.45, 7) is 9.38. The Morgan fingerprint density at radius 1 is 1.17 bits per heavy atom. The number of hydrogen-bond acceptors (Lipinski definition) is 3. The lowest BCUT2D eigenvalue weighted by Crippen LogP contribution is -2.23. The first-order valence-electron chi connectivity index (χ1n) is 7.78. The SMILES string of the molecule is CCCNCCCCCCN1CCC(COC)C1. The van der Waals surface area contributed by atoms with E-state index in [1.807, 2.05) is 7.11 Å². The van der Waals surface area contributed by atoms with Gasteiger partial charge in [-0.05, 0) is 57.8 Å². The van der Waals surface area contributed by atoms with E-state index < -0.39 is 0 Å². The molecule has 3 heteroatoms. The molecule has 18 heavy (non-hydrogen) atoms. The number of nitrogens with one attached hydrogen (secondary N) is 1. The minimum atomic E-state index is 0.785. The second-order valence-corrected chi connectivity index (χ2v) is 5.57. The molecule has 1 unspecified atom stereocenters. The first-order valence-corrected chi connectivity index (χ1v) is 7.78. The summed E-state index contributed by atoms with van der Waals surface area (Å²) < 4.78 is 5.23. The highest BCUT2D eigenvalue weighted by molar-refractivity contribution is 4.74. The molecule has 1 N–H and O–H groups in total. The van der Waals surface area contributed by atoms with E-state index in [1.165, 1.54) is 71.2 Å². The Labute approximate surface area is 113 Å². The van der Waals surface area contributed by atoms with Crippen LogP contribution in [0, 0.1) is 5.92 Å². The molecule has 0 aliphatic carbocycles. The van der Waals surface area contributed by atoms with Crippen LogP contribution in [0.25, 0.3) is 0 Å². The van der Waals surface area contributed by atoms with Crippen molar-refractivity contribution >= 4 is 0 Å². The first-order chi connectivity index (χ1) is 8.86. The smallest absolute Gasteiger partial charge is 0.0503 e. The molecule has 3 nitrogen and oxygen atoms in total. The van der Waals surface area contributed by atoms with E-state index in [0.29, 0.717) is 0 Å². The molecule has 1 atom stereocenters. The van der Waals surface area contributed by atoms with Crippen molar-refractivity contribution < 1.29 is 4.74 Å². The third-order valence-corrected chi connectivity index (χ3v) is 3.78. The zero-order chi connectivity index (χ0) is 13.1. The number of unbranched alkanes of at least 4 members (excludes halogenated alkanes) is 3. The van der Waals surface area contributed by atoms with Crippen LogP contribution in [0.2, 0.25) is 0 Å². The van der Waals surface area contributed by atoms with Gasteiger partial charge in [0, 0.05) is 13.7 Å². The molecule has 1 aliphatic rings. The maximum Gasteiger partial charge on any atom is 0.0503 e. The molecule has 1 fully saturated rings. The summed E-state index contributed by atoms with van der Waals surface area (Å²) in [7, 11) is 1.81. The van der Waals surface area contributed by atoms with E-state index in [1.54, 1.807) is 0 Å². The van der Waals surface area contributed by atoms with Crippen molar-refractivity contribution in [2.45, 2.75) is 45.4 Å². The van der Waals surface area contributed by atoms with Gasteiger partial charge in [-0.15, -0.1) is 0 Å². The normalized spacial score (nSPS) is 20.7. The average Bonchev–Trinajstić information content (AvgIpc) is 2.81. The Balaban J connectivity index is 1.84. The van der Waals surface area contributed by atoms with Gasteiger partial charge in [0.15, 0.2) is 0 Å². The van der Waals surface area contributed by atoms with Gasteiger partial charge in [0.2, 0.25) is 0 Å². The predicted octanol–water partition coefficient (Wildman–Crippen LogP) is 2.51. The van der Waals surface area contributed by atoms with Crippen LogP contribution in [-0.4, -0.2) is 51.3 Å². The Bertz CT molecular complexity index is 187. The van der Waals surface area contributed by atoms with E-state index in [9.17, 15) is 0 Å². The molecular formula is C15H32N2O. The van der Waals surface area contributed by atoms with Crippen LogP contribution < -0.4 is 5.32 Å². The zero-order valence-electron chi connectivity index (χ0n) is 12.4. The molecule has 0 aromatic rings. The van der Waals surface area contributed by atoms with Crippen LogP contribution in [-0.2, 0) is 4.74 Å². The van der Waals surface area contributed by atoms with Crippen LogP contribution in [0.4, 0.5) is 0 Å². The third kappa shape index (κ3) is 7.34. The highest BCUT2D eigenvalue weighted by Gasteiger charge is 2.21. The maximum atomic E-state index is 5.23. The third-order valence-electron chi connectivity index (χ3n) is 3.78. The zero-order valence-corrected chi connectivity index (χ0v) is 12.4. The standard InChI is InChI=1S/C15H32N2O/c1-3-9-16-10-6-4-5-7-11-17-12-8-15(13-17)14-18-2/h15-16H,3-14H2,1-2H3. The topological polar surface area (TPSA) is 24.5 Å². The predicted molar refractivity (Wildman–Crippen MR) is 78.1 cm³/mol. The van der Waals surface area contributed by atoms with Crippen molar-refractivity contribution in [3.63, 3.8) is 0 Å². The molecular weight excluding hydrogens is 224 g/mol. The average molecular weight is 256 g/mol. The van der Waals surface area contributed by atoms with Crippen LogP contribution in [0.1, 0.15) is 45.4 Å². The number of likely N-dealkylation sites (tertiary alicyclic amines) is 1. The monoisotopic (exact) mass is 256 g/mol. The number of rotatable bonds is 11. The number of methoxy groups -OCH3 is 1. The van der Waals surface area contributed by atoms with Gasteiger partial charge in [-0.25, -0.2) is 0 Å². The molecule has 0 bridgehead atoms. The van der Waals surface area contributed by atoms with Gasteiger partial charge in [-0.2, -0.15) is 0 Å². The Hall–Kier alpha value is -0.120. The number of ether oxygens (including phenoxy) is 1. The summed E-state index contributed by atoms with van der Waals surface area (Å²) >= 11 is 0. The maximum absolute atomic E-state index is 5.23. The fourth-order valence-corrected chi connectivity index (χ4v) is 2.73. The van der Waals surface area contributed by atoms with Gasteiger partial charge >= 0.3 is 0 Å². The minimum Gasteiger partial charge on any atom is -0.384 e. The van der Waals surface area contributed by atoms with Crippen molar-refractivity contribution in [1.82, 2.24) is 10.2 Å². The molecule has 1 heterocycles. The van der Waals surface area contributed by atoms with Crippen LogP contribution in [0.5, 0.6) is 0 Å². The Morgan fingerprint density at radius 3 is 2.78 bits per heavy atom. The van der Waals surface area contributed by atoms with Crippen molar-refractivity contribution in [3.8, 4) is 0 Å². The van der Waals surface area contributed by atoms with E-state index in [0.717, 1.165) is 12.5 Å². The van der Waals surface area contributed by atoms with Gasteiger partial charge in [0.1, 0.15) is 0 Å². The molecule has 1 aliphatic heterocycles. The summed E-state index contributed by atoms with van der Waals surface area (Å²) in [6.07, 6.45) is 8.05. The fraction of sp³-hybridized carbons (Fsp3) is 1.00. The van der Waals surface area contributed by atoms with Crippen LogP contribution >= 0.6 is 0 Å². The molecule has 108 valence electrons. The molecule has 0 spiro atoms. The van der Waals surface area contributed by atoms with Crippen LogP contribution in [0.15, 0.2) is 0 Å². The van der Waals surface area contributed by atoms with E-state index in [-0.39, 0.29) is 0 Å². The van der Waals surface area contributed by atoms with Gasteiger partial charge in [-0.3, -0.25) is 0 Å². The highest BCUT2D eigenvalue weighted by atomic mass is 16.5. The largest absolute Gasteiger partial charge is 0.384 e. The van der Waals surface area contributed by atoms with Crippen molar-refractivity contribution in [2.24, 2.45) is 5.92 Å². The Morgan fingerprint density at radius 2 is 2.00 bits per heavy atom. The second-order valence-electron chi connectivity index (χ2n) is 5.57. The quantitative estimate of drug-likeness (QED) is 0.575. The minimum absolute atomic E-state index is 0.785. The summed E-state index contributed by atoms with van der Waals surface area (Å²) in [5.74, 6) is 0.785. The van der Waals surface area contributed by atoms with Gasteiger partial charge < -0.3 is 15.0 Å². The highest BCUT2D eigenvalue weighted by Crippen LogP contribution is 2.16. The summed E-state index contributed by atoms with van der Waals surface area (Å²) in [6, 6.07) is 0. The molecule has 0 aromatic heterocycles. The van der Waals surface area contributed by atoms with E-state index in [4.69, 9.17) is 4.74 Å². The molecule has 0 radical (unpaired) electrons. The van der Waals surface area contributed by atoms with Gasteiger partial charge in [-0.1, -0.05) is 19.8 Å². The first kappa shape index (κ1) is 15.9. The molecule has 1 saturated heterocycles. The summed E-state index contributed by atoms with van der Waals surface area (Å²) in [4.78, 5) is 2.61.